The van der Waals surface area contributed by atoms with Crippen LogP contribution >= 0.6 is 11.8 Å². The van der Waals surface area contributed by atoms with Crippen LogP contribution in [0.1, 0.15) is 12.8 Å². The van der Waals surface area contributed by atoms with E-state index in [4.69, 9.17) is 9.47 Å². The molecule has 0 spiro atoms. The summed E-state index contributed by atoms with van der Waals surface area (Å²) in [4.78, 5) is 12.8. The van der Waals surface area contributed by atoms with E-state index in [9.17, 15) is 4.79 Å². The van der Waals surface area contributed by atoms with Gasteiger partial charge in [0.05, 0.1) is 24.2 Å². The lowest BCUT2D eigenvalue weighted by molar-refractivity contribution is -0.135. The lowest BCUT2D eigenvalue weighted by atomic mass is 10.0. The molecule has 3 rings (SSSR count). The molecule has 3 nitrogen and oxygen atoms in total. The first kappa shape index (κ1) is 12.4. The molecule has 0 saturated carbocycles. The minimum Gasteiger partial charge on any atom is -0.465 e. The van der Waals surface area contributed by atoms with Gasteiger partial charge in [-0.3, -0.25) is 0 Å². The van der Waals surface area contributed by atoms with Crippen LogP contribution in [0.3, 0.4) is 0 Å². The number of fused-ring (bicyclic) bond motifs is 1. The van der Waals surface area contributed by atoms with E-state index < -0.39 is 0 Å². The highest BCUT2D eigenvalue weighted by atomic mass is 32.2. The van der Waals surface area contributed by atoms with E-state index >= 15 is 0 Å². The average Bonchev–Trinajstić information content (AvgIpc) is 2.64. The molecule has 2 aliphatic carbocycles. The third kappa shape index (κ3) is 2.40. The van der Waals surface area contributed by atoms with Crippen LogP contribution in [-0.4, -0.2) is 18.3 Å². The number of hydrogen-bond acceptors (Lipinski definition) is 4. The number of ether oxygens (including phenoxy) is 2. The van der Waals surface area contributed by atoms with E-state index in [1.165, 1.54) is 12.0 Å². The molecule has 98 valence electrons. The predicted molar refractivity (Wildman–Crippen MR) is 75.2 cm³/mol. The zero-order valence-electron chi connectivity index (χ0n) is 10.6. The first-order chi connectivity index (χ1) is 9.28. The highest BCUT2D eigenvalue weighted by Gasteiger charge is 2.24. The number of methoxy groups -OCH3 is 1. The van der Waals surface area contributed by atoms with E-state index in [-0.39, 0.29) is 11.2 Å². The van der Waals surface area contributed by atoms with Gasteiger partial charge < -0.3 is 9.47 Å². The van der Waals surface area contributed by atoms with Gasteiger partial charge in [0.25, 0.3) is 0 Å². The van der Waals surface area contributed by atoms with Gasteiger partial charge in [0.2, 0.25) is 0 Å². The van der Waals surface area contributed by atoms with Crippen molar-refractivity contribution < 1.29 is 14.3 Å². The fourth-order valence-corrected chi connectivity index (χ4v) is 3.38. The summed E-state index contributed by atoms with van der Waals surface area (Å²) in [5.74, 6) is 0.613. The Morgan fingerprint density at radius 1 is 1.47 bits per heavy atom. The van der Waals surface area contributed by atoms with Crippen LogP contribution in [0.5, 0.6) is 0 Å². The molecule has 0 aromatic heterocycles. The Hall–Kier alpha value is -1.68. The Balaban J connectivity index is 1.88. The van der Waals surface area contributed by atoms with Crippen molar-refractivity contribution in [3.63, 3.8) is 0 Å². The Morgan fingerprint density at radius 3 is 3.21 bits per heavy atom. The zero-order valence-corrected chi connectivity index (χ0v) is 11.4. The SMILES string of the molecule is COC(=O)C1=CC2=COC3=C(CCC=C3)SC2C=C1. The first-order valence-electron chi connectivity index (χ1n) is 6.19. The number of carbonyl (C=O) groups is 1. The molecule has 0 amide bonds. The number of hydrogen-bond donors (Lipinski definition) is 0. The summed E-state index contributed by atoms with van der Waals surface area (Å²) in [6.07, 6.45) is 13.7. The Kier molecular flexibility index (Phi) is 3.34. The van der Waals surface area contributed by atoms with Gasteiger partial charge in [-0.05, 0) is 25.0 Å². The van der Waals surface area contributed by atoms with Crippen LogP contribution in [0.4, 0.5) is 0 Å². The lowest BCUT2D eigenvalue weighted by Crippen LogP contribution is -2.11. The molecule has 3 aliphatic rings. The van der Waals surface area contributed by atoms with Crippen LogP contribution in [0.25, 0.3) is 0 Å². The molecular weight excluding hydrogens is 260 g/mol. The second-order valence-corrected chi connectivity index (χ2v) is 5.69. The van der Waals surface area contributed by atoms with E-state index in [0.717, 1.165) is 24.2 Å². The molecule has 1 aliphatic heterocycles. The summed E-state index contributed by atoms with van der Waals surface area (Å²) in [5, 5.41) is 0.215. The molecule has 1 unspecified atom stereocenters. The van der Waals surface area contributed by atoms with Gasteiger partial charge in [-0.25, -0.2) is 4.79 Å². The summed E-state index contributed by atoms with van der Waals surface area (Å²) in [6.45, 7) is 0. The molecule has 0 aromatic carbocycles. The van der Waals surface area contributed by atoms with Gasteiger partial charge in [-0.15, -0.1) is 11.8 Å². The van der Waals surface area contributed by atoms with Gasteiger partial charge in [-0.2, -0.15) is 0 Å². The molecule has 4 heteroatoms. The van der Waals surface area contributed by atoms with E-state index in [0.29, 0.717) is 5.57 Å². The lowest BCUT2D eigenvalue weighted by Gasteiger charge is -2.18. The maximum absolute atomic E-state index is 11.5. The predicted octanol–water partition coefficient (Wildman–Crippen LogP) is 3.23. The van der Waals surface area contributed by atoms with Crippen molar-refractivity contribution in [3.05, 3.63) is 58.5 Å². The van der Waals surface area contributed by atoms with Crippen LogP contribution in [-0.2, 0) is 14.3 Å². The number of allylic oxidation sites excluding steroid dienone is 4. The van der Waals surface area contributed by atoms with Crippen molar-refractivity contribution in [2.75, 3.05) is 7.11 Å². The molecule has 0 N–H and O–H groups in total. The highest BCUT2D eigenvalue weighted by molar-refractivity contribution is 8.04. The smallest absolute Gasteiger partial charge is 0.337 e. The molecule has 0 bridgehead atoms. The summed E-state index contributed by atoms with van der Waals surface area (Å²) in [6, 6.07) is 0. The average molecular weight is 274 g/mol. The van der Waals surface area contributed by atoms with Crippen molar-refractivity contribution in [2.24, 2.45) is 0 Å². The number of esters is 1. The zero-order chi connectivity index (χ0) is 13.2. The van der Waals surface area contributed by atoms with Gasteiger partial charge in [0.15, 0.2) is 0 Å². The number of carbonyl (C=O) groups excluding carboxylic acids is 1. The molecule has 19 heavy (non-hydrogen) atoms. The number of rotatable bonds is 1. The van der Waals surface area contributed by atoms with Crippen molar-refractivity contribution in [2.45, 2.75) is 18.1 Å². The van der Waals surface area contributed by atoms with Gasteiger partial charge in [0, 0.05) is 10.5 Å². The molecule has 0 aromatic rings. The molecule has 0 fully saturated rings. The quantitative estimate of drug-likeness (QED) is 0.688. The van der Waals surface area contributed by atoms with Crippen LogP contribution in [0.2, 0.25) is 0 Å². The normalized spacial score (nSPS) is 24.6. The monoisotopic (exact) mass is 274 g/mol. The van der Waals surface area contributed by atoms with Crippen LogP contribution in [0.15, 0.2) is 58.5 Å². The maximum atomic E-state index is 11.5. The summed E-state index contributed by atoms with van der Waals surface area (Å²) >= 11 is 1.79. The Labute approximate surface area is 116 Å². The number of thioether (sulfide) groups is 1. The first-order valence-corrected chi connectivity index (χ1v) is 7.07. The van der Waals surface area contributed by atoms with Gasteiger partial charge >= 0.3 is 5.97 Å². The van der Waals surface area contributed by atoms with Crippen LogP contribution < -0.4 is 0 Å². The molecule has 1 heterocycles. The molecule has 0 radical (unpaired) electrons. The highest BCUT2D eigenvalue weighted by Crippen LogP contribution is 2.40. The van der Waals surface area contributed by atoms with E-state index in [2.05, 4.69) is 6.08 Å². The van der Waals surface area contributed by atoms with Crippen LogP contribution in [0, 0.1) is 0 Å². The minimum absolute atomic E-state index is 0.215. The summed E-state index contributed by atoms with van der Waals surface area (Å²) in [7, 11) is 1.39. The van der Waals surface area contributed by atoms with Crippen molar-refractivity contribution in [3.8, 4) is 0 Å². The fraction of sp³-hybridized carbons (Fsp3) is 0.267. The molecule has 0 saturated heterocycles. The topological polar surface area (TPSA) is 35.5 Å². The maximum Gasteiger partial charge on any atom is 0.337 e. The second-order valence-electron chi connectivity index (χ2n) is 4.45. The van der Waals surface area contributed by atoms with E-state index in [1.807, 2.05) is 24.3 Å². The third-order valence-corrected chi connectivity index (χ3v) is 4.57. The van der Waals surface area contributed by atoms with Gasteiger partial charge in [0.1, 0.15) is 5.76 Å². The molecular formula is C15H14O3S. The molecule has 1 atom stereocenters. The van der Waals surface area contributed by atoms with Gasteiger partial charge in [-0.1, -0.05) is 18.2 Å². The third-order valence-electron chi connectivity index (χ3n) is 3.20. The Bertz CT molecular complexity index is 564. The van der Waals surface area contributed by atoms with Crippen molar-refractivity contribution in [1.29, 1.82) is 0 Å². The summed E-state index contributed by atoms with van der Waals surface area (Å²) < 4.78 is 10.5. The minimum atomic E-state index is -0.317. The Morgan fingerprint density at radius 2 is 2.37 bits per heavy atom. The largest absolute Gasteiger partial charge is 0.465 e. The fourth-order valence-electron chi connectivity index (χ4n) is 2.19. The standard InChI is InChI=1S/C15H14O3S/c1-17-15(16)10-6-7-13-11(8-10)9-18-12-4-2-3-5-14(12)19-13/h2,4,6-9,13H,3,5H2,1H3. The van der Waals surface area contributed by atoms with Crippen molar-refractivity contribution >= 4 is 17.7 Å². The van der Waals surface area contributed by atoms with E-state index in [1.54, 1.807) is 18.0 Å². The summed E-state index contributed by atoms with van der Waals surface area (Å²) in [5.41, 5.74) is 1.56. The van der Waals surface area contributed by atoms with Crippen molar-refractivity contribution in [1.82, 2.24) is 0 Å². The second kappa shape index (κ2) is 5.13.